The van der Waals surface area contributed by atoms with E-state index < -0.39 is 23.6 Å². The molecule has 0 aromatic heterocycles. The van der Waals surface area contributed by atoms with Crippen molar-refractivity contribution in [2.45, 2.75) is 52.7 Å². The summed E-state index contributed by atoms with van der Waals surface area (Å²) >= 11 is 0. The van der Waals surface area contributed by atoms with Gasteiger partial charge >= 0.3 is 6.09 Å². The van der Waals surface area contributed by atoms with E-state index in [0.29, 0.717) is 6.42 Å². The van der Waals surface area contributed by atoms with Gasteiger partial charge in [-0.15, -0.1) is 0 Å². The Kier molecular flexibility index (Phi) is 5.95. The summed E-state index contributed by atoms with van der Waals surface area (Å²) in [6, 6.07) is -0.671. The van der Waals surface area contributed by atoms with Crippen LogP contribution < -0.4 is 16.6 Å². The Morgan fingerprint density at radius 3 is 2.18 bits per heavy atom. The Bertz CT molecular complexity index is 272. The lowest BCUT2D eigenvalue weighted by molar-refractivity contribution is -0.123. The van der Waals surface area contributed by atoms with E-state index in [1.165, 1.54) is 0 Å². The number of ether oxygens (including phenoxy) is 1. The molecule has 17 heavy (non-hydrogen) atoms. The van der Waals surface area contributed by atoms with Crippen LogP contribution in [0.2, 0.25) is 0 Å². The Morgan fingerprint density at radius 1 is 1.29 bits per heavy atom. The molecule has 0 radical (unpaired) electrons. The van der Waals surface area contributed by atoms with E-state index in [2.05, 4.69) is 5.32 Å². The van der Waals surface area contributed by atoms with Gasteiger partial charge in [0, 0.05) is 0 Å². The summed E-state index contributed by atoms with van der Waals surface area (Å²) in [6.45, 7) is 9.17. The number of nitrogens with one attached hydrogen (secondary N) is 2. The lowest BCUT2D eigenvalue weighted by Gasteiger charge is -2.23. The second-order valence-electron chi connectivity index (χ2n) is 5.34. The van der Waals surface area contributed by atoms with E-state index in [-0.39, 0.29) is 5.92 Å². The van der Waals surface area contributed by atoms with Gasteiger partial charge in [0.25, 0.3) is 5.91 Å². The molecule has 2 amide bonds. The minimum atomic E-state index is -0.671. The summed E-state index contributed by atoms with van der Waals surface area (Å²) in [5.74, 6) is 4.89. The normalized spacial score (nSPS) is 13.1. The van der Waals surface area contributed by atoms with Gasteiger partial charge in [0.1, 0.15) is 11.6 Å². The SMILES string of the molecule is CC(C)C[C@@H](NC(=O)OC(C)(C)C)C(=O)NN. The smallest absolute Gasteiger partial charge is 0.408 e. The van der Waals surface area contributed by atoms with E-state index in [4.69, 9.17) is 10.6 Å². The summed E-state index contributed by atoms with van der Waals surface area (Å²) in [7, 11) is 0. The third-order valence-corrected chi connectivity index (χ3v) is 1.86. The number of hydrazine groups is 1. The topological polar surface area (TPSA) is 93.4 Å². The van der Waals surface area contributed by atoms with Crippen molar-refractivity contribution in [2.75, 3.05) is 0 Å². The van der Waals surface area contributed by atoms with Gasteiger partial charge < -0.3 is 10.1 Å². The molecule has 0 saturated heterocycles. The fourth-order valence-electron chi connectivity index (χ4n) is 1.25. The van der Waals surface area contributed by atoms with Gasteiger partial charge in [-0.1, -0.05) is 13.8 Å². The molecule has 6 nitrogen and oxygen atoms in total. The Hall–Kier alpha value is -1.30. The molecule has 0 aromatic rings. The zero-order valence-corrected chi connectivity index (χ0v) is 11.2. The predicted molar refractivity (Wildman–Crippen MR) is 64.9 cm³/mol. The van der Waals surface area contributed by atoms with E-state index in [0.717, 1.165) is 0 Å². The van der Waals surface area contributed by atoms with Gasteiger partial charge in [0.15, 0.2) is 0 Å². The molecule has 0 aromatic carbocycles. The molecule has 0 saturated carbocycles. The molecule has 0 rings (SSSR count). The number of carbonyl (C=O) groups is 2. The van der Waals surface area contributed by atoms with E-state index in [9.17, 15) is 9.59 Å². The van der Waals surface area contributed by atoms with Crippen LogP contribution in [0.1, 0.15) is 41.0 Å². The molecule has 1 atom stereocenters. The molecule has 6 heteroatoms. The quantitative estimate of drug-likeness (QED) is 0.390. The molecule has 0 bridgehead atoms. The van der Waals surface area contributed by atoms with Crippen molar-refractivity contribution in [1.82, 2.24) is 10.7 Å². The van der Waals surface area contributed by atoms with E-state index >= 15 is 0 Å². The number of nitrogens with two attached hydrogens (primary N) is 1. The Balaban J connectivity index is 4.43. The van der Waals surface area contributed by atoms with Crippen LogP contribution in [0, 0.1) is 5.92 Å². The van der Waals surface area contributed by atoms with Crippen molar-refractivity contribution in [2.24, 2.45) is 11.8 Å². The summed E-state index contributed by atoms with van der Waals surface area (Å²) in [5, 5.41) is 2.50. The fraction of sp³-hybridized carbons (Fsp3) is 0.818. The first kappa shape index (κ1) is 15.7. The van der Waals surface area contributed by atoms with Crippen LogP contribution in [0.25, 0.3) is 0 Å². The average Bonchev–Trinajstić information content (AvgIpc) is 2.11. The zero-order valence-electron chi connectivity index (χ0n) is 11.2. The van der Waals surface area contributed by atoms with Crippen LogP contribution in [-0.2, 0) is 9.53 Å². The number of alkyl carbamates (subject to hydrolysis) is 1. The first-order valence-corrected chi connectivity index (χ1v) is 5.65. The lowest BCUT2D eigenvalue weighted by atomic mass is 10.0. The second-order valence-corrected chi connectivity index (χ2v) is 5.34. The number of rotatable bonds is 4. The van der Waals surface area contributed by atoms with Crippen molar-refractivity contribution in [3.8, 4) is 0 Å². The van der Waals surface area contributed by atoms with Crippen LogP contribution in [0.4, 0.5) is 4.79 Å². The highest BCUT2D eigenvalue weighted by molar-refractivity contribution is 5.85. The maximum atomic E-state index is 11.5. The Labute approximate surface area is 102 Å². The maximum absolute atomic E-state index is 11.5. The molecule has 0 unspecified atom stereocenters. The number of hydrogen-bond acceptors (Lipinski definition) is 4. The van der Waals surface area contributed by atoms with Crippen molar-refractivity contribution >= 4 is 12.0 Å². The maximum Gasteiger partial charge on any atom is 0.408 e. The van der Waals surface area contributed by atoms with Crippen molar-refractivity contribution < 1.29 is 14.3 Å². The lowest BCUT2D eigenvalue weighted by Crippen LogP contribution is -2.50. The molecular formula is C11H23N3O3. The Morgan fingerprint density at radius 2 is 1.82 bits per heavy atom. The third kappa shape index (κ3) is 7.57. The van der Waals surface area contributed by atoms with Crippen LogP contribution in [0.15, 0.2) is 0 Å². The molecule has 0 aliphatic heterocycles. The first-order valence-electron chi connectivity index (χ1n) is 5.65. The van der Waals surface area contributed by atoms with Crippen molar-refractivity contribution in [3.63, 3.8) is 0 Å². The molecule has 100 valence electrons. The van der Waals surface area contributed by atoms with E-state index in [1.54, 1.807) is 20.8 Å². The third-order valence-electron chi connectivity index (χ3n) is 1.86. The molecule has 0 aliphatic rings. The standard InChI is InChI=1S/C11H23N3O3/c1-7(2)6-8(9(15)14-12)13-10(16)17-11(3,4)5/h7-8H,6,12H2,1-5H3,(H,13,16)(H,14,15)/t8-/m1/s1. The van der Waals surface area contributed by atoms with Crippen LogP contribution in [-0.4, -0.2) is 23.6 Å². The minimum Gasteiger partial charge on any atom is -0.444 e. The van der Waals surface area contributed by atoms with Gasteiger partial charge in [0.2, 0.25) is 0 Å². The van der Waals surface area contributed by atoms with Crippen LogP contribution >= 0.6 is 0 Å². The molecule has 0 spiro atoms. The molecule has 0 heterocycles. The minimum absolute atomic E-state index is 0.257. The van der Waals surface area contributed by atoms with Crippen LogP contribution in [0.3, 0.4) is 0 Å². The van der Waals surface area contributed by atoms with Gasteiger partial charge in [0.05, 0.1) is 0 Å². The van der Waals surface area contributed by atoms with Gasteiger partial charge in [-0.3, -0.25) is 10.2 Å². The highest BCUT2D eigenvalue weighted by Gasteiger charge is 2.24. The van der Waals surface area contributed by atoms with Gasteiger partial charge in [-0.25, -0.2) is 10.6 Å². The summed E-state index contributed by atoms with van der Waals surface area (Å²) in [5.41, 5.74) is 1.44. The highest BCUT2D eigenvalue weighted by Crippen LogP contribution is 2.09. The summed E-state index contributed by atoms with van der Waals surface area (Å²) in [4.78, 5) is 23.0. The predicted octanol–water partition coefficient (Wildman–Crippen LogP) is 0.916. The van der Waals surface area contributed by atoms with Crippen molar-refractivity contribution in [3.05, 3.63) is 0 Å². The van der Waals surface area contributed by atoms with Crippen LogP contribution in [0.5, 0.6) is 0 Å². The van der Waals surface area contributed by atoms with Crippen molar-refractivity contribution in [1.29, 1.82) is 0 Å². The average molecular weight is 245 g/mol. The molecule has 4 N–H and O–H groups in total. The highest BCUT2D eigenvalue weighted by atomic mass is 16.6. The fourth-order valence-corrected chi connectivity index (χ4v) is 1.25. The number of hydrogen-bond donors (Lipinski definition) is 3. The zero-order chi connectivity index (χ0) is 13.6. The van der Waals surface area contributed by atoms with E-state index in [1.807, 2.05) is 19.3 Å². The van der Waals surface area contributed by atoms with Gasteiger partial charge in [-0.2, -0.15) is 0 Å². The number of amides is 2. The molecular weight excluding hydrogens is 222 g/mol. The van der Waals surface area contributed by atoms with Gasteiger partial charge in [-0.05, 0) is 33.1 Å². The second kappa shape index (κ2) is 6.44. The number of carbonyl (C=O) groups excluding carboxylic acids is 2. The summed E-state index contributed by atoms with van der Waals surface area (Å²) in [6.07, 6.45) is -0.116. The molecule has 0 fully saturated rings. The molecule has 0 aliphatic carbocycles. The largest absolute Gasteiger partial charge is 0.444 e. The summed E-state index contributed by atoms with van der Waals surface area (Å²) < 4.78 is 5.07. The first-order chi connectivity index (χ1) is 7.65. The monoisotopic (exact) mass is 245 g/mol.